The second kappa shape index (κ2) is 14.9. The molecule has 0 aromatic carbocycles. The minimum absolute atomic E-state index is 0.0503. The van der Waals surface area contributed by atoms with Crippen LogP contribution in [0, 0.1) is 24.7 Å². The molecule has 45 heavy (non-hydrogen) atoms. The number of aryl methyl sites for hydroxylation is 1. The number of aromatic nitrogens is 4. The van der Waals surface area contributed by atoms with E-state index in [9.17, 15) is 9.59 Å². The third-order valence-electron chi connectivity index (χ3n) is 9.76. The topological polar surface area (TPSA) is 122 Å². The highest BCUT2D eigenvalue weighted by Gasteiger charge is 2.33. The van der Waals surface area contributed by atoms with Crippen molar-refractivity contribution in [2.24, 2.45) is 17.8 Å². The van der Waals surface area contributed by atoms with Crippen molar-refractivity contribution in [3.8, 4) is 16.9 Å². The summed E-state index contributed by atoms with van der Waals surface area (Å²) >= 11 is 0. The molecule has 2 amide bonds. The van der Waals surface area contributed by atoms with E-state index < -0.39 is 6.09 Å². The maximum atomic E-state index is 14.3. The standard InChI is InChI=1S/C35H48N6O4/c1-23(2)41-22-30(20-38-41)29-16-18-36-33(19-29)40(34(42)28-11-5-25(6-12-28)15-17-37-35(43)44)21-26-7-9-27(10-8-26)31-13-14-32(45-4)24(3)39-31/h13-14,16,18-20,22-23,25-28,37H,5-12,15,17,21H2,1-4H3,(H,43,44). The van der Waals surface area contributed by atoms with Crippen molar-refractivity contribution >= 4 is 17.8 Å². The molecule has 242 valence electrons. The number of hydrogen-bond donors (Lipinski definition) is 2. The molecule has 0 radical (unpaired) electrons. The van der Waals surface area contributed by atoms with Crippen molar-refractivity contribution in [2.45, 2.75) is 90.5 Å². The van der Waals surface area contributed by atoms with Gasteiger partial charge in [-0.2, -0.15) is 5.10 Å². The molecule has 0 spiro atoms. The van der Waals surface area contributed by atoms with E-state index in [0.29, 0.717) is 36.7 Å². The number of ether oxygens (including phenoxy) is 1. The first-order chi connectivity index (χ1) is 21.7. The second-order valence-electron chi connectivity index (χ2n) is 13.1. The lowest BCUT2D eigenvalue weighted by atomic mass is 9.78. The van der Waals surface area contributed by atoms with Crippen LogP contribution in [0.3, 0.4) is 0 Å². The summed E-state index contributed by atoms with van der Waals surface area (Å²) in [5.41, 5.74) is 4.07. The zero-order valence-electron chi connectivity index (χ0n) is 27.1. The molecule has 3 aromatic rings. The van der Waals surface area contributed by atoms with Gasteiger partial charge in [-0.25, -0.2) is 9.78 Å². The molecule has 2 aliphatic rings. The van der Waals surface area contributed by atoms with E-state index in [2.05, 4.69) is 30.3 Å². The van der Waals surface area contributed by atoms with Gasteiger partial charge in [0.05, 0.1) is 19.0 Å². The molecular weight excluding hydrogens is 568 g/mol. The maximum Gasteiger partial charge on any atom is 0.404 e. The van der Waals surface area contributed by atoms with Gasteiger partial charge in [0.1, 0.15) is 11.6 Å². The van der Waals surface area contributed by atoms with Crippen LogP contribution >= 0.6 is 0 Å². The fourth-order valence-electron chi connectivity index (χ4n) is 7.02. The summed E-state index contributed by atoms with van der Waals surface area (Å²) in [6.07, 6.45) is 13.2. The Morgan fingerprint density at radius 2 is 1.78 bits per heavy atom. The Labute approximate surface area is 266 Å². The third kappa shape index (κ3) is 8.21. The lowest BCUT2D eigenvalue weighted by Crippen LogP contribution is -2.42. The molecule has 0 unspecified atom stereocenters. The Hall–Kier alpha value is -3.95. The van der Waals surface area contributed by atoms with Crippen molar-refractivity contribution in [1.29, 1.82) is 0 Å². The fourth-order valence-corrected chi connectivity index (χ4v) is 7.02. The van der Waals surface area contributed by atoms with Crippen molar-refractivity contribution in [3.63, 3.8) is 0 Å². The summed E-state index contributed by atoms with van der Waals surface area (Å²) in [7, 11) is 1.68. The van der Waals surface area contributed by atoms with Crippen LogP contribution in [0.4, 0.5) is 10.6 Å². The van der Waals surface area contributed by atoms with Crippen LogP contribution in [0.5, 0.6) is 5.75 Å². The number of hydrogen-bond acceptors (Lipinski definition) is 6. The Morgan fingerprint density at radius 3 is 2.42 bits per heavy atom. The zero-order chi connectivity index (χ0) is 31.9. The van der Waals surface area contributed by atoms with E-state index in [0.717, 1.165) is 86.1 Å². The lowest BCUT2D eigenvalue weighted by molar-refractivity contribution is -0.123. The highest BCUT2D eigenvalue weighted by molar-refractivity contribution is 5.94. The molecular formula is C35H48N6O4. The number of carboxylic acid groups (broad SMARTS) is 1. The molecule has 3 aromatic heterocycles. The second-order valence-corrected chi connectivity index (χ2v) is 13.1. The first-order valence-electron chi connectivity index (χ1n) is 16.5. The Balaban J connectivity index is 1.30. The number of carbonyl (C=O) groups is 2. The number of anilines is 1. The molecule has 2 N–H and O–H groups in total. The predicted molar refractivity (Wildman–Crippen MR) is 175 cm³/mol. The first kappa shape index (κ1) is 32.4. The molecule has 0 saturated heterocycles. The average molecular weight is 617 g/mol. The van der Waals surface area contributed by atoms with Crippen LogP contribution < -0.4 is 15.0 Å². The van der Waals surface area contributed by atoms with Gasteiger partial charge in [-0.05, 0) is 120 Å². The molecule has 2 fully saturated rings. The number of methoxy groups -OCH3 is 1. The van der Waals surface area contributed by atoms with E-state index >= 15 is 0 Å². The number of nitrogens with zero attached hydrogens (tertiary/aromatic N) is 5. The van der Waals surface area contributed by atoms with Crippen LogP contribution in [0.25, 0.3) is 11.1 Å². The number of rotatable bonds is 11. The zero-order valence-corrected chi connectivity index (χ0v) is 27.1. The molecule has 2 aliphatic carbocycles. The van der Waals surface area contributed by atoms with Gasteiger partial charge < -0.3 is 15.2 Å². The number of carbonyl (C=O) groups excluding carboxylic acids is 1. The summed E-state index contributed by atoms with van der Waals surface area (Å²) in [6.45, 7) is 7.32. The molecule has 0 atom stereocenters. The van der Waals surface area contributed by atoms with Crippen molar-refractivity contribution < 1.29 is 19.4 Å². The minimum atomic E-state index is -0.981. The van der Waals surface area contributed by atoms with E-state index in [4.69, 9.17) is 19.8 Å². The van der Waals surface area contributed by atoms with E-state index in [1.807, 2.05) is 47.1 Å². The van der Waals surface area contributed by atoms with E-state index in [-0.39, 0.29) is 17.9 Å². The highest BCUT2D eigenvalue weighted by Crippen LogP contribution is 2.38. The van der Waals surface area contributed by atoms with Crippen molar-refractivity contribution in [3.05, 3.63) is 54.2 Å². The Kier molecular flexibility index (Phi) is 10.7. The largest absolute Gasteiger partial charge is 0.495 e. The first-order valence-corrected chi connectivity index (χ1v) is 16.5. The Morgan fingerprint density at radius 1 is 1.04 bits per heavy atom. The van der Waals surface area contributed by atoms with Gasteiger partial charge >= 0.3 is 6.09 Å². The number of nitrogens with one attached hydrogen (secondary N) is 1. The summed E-state index contributed by atoms with van der Waals surface area (Å²) < 4.78 is 7.35. The van der Waals surface area contributed by atoms with Gasteiger partial charge in [-0.1, -0.05) is 0 Å². The van der Waals surface area contributed by atoms with Gasteiger partial charge in [0, 0.05) is 54.6 Å². The lowest BCUT2D eigenvalue weighted by Gasteiger charge is -2.35. The summed E-state index contributed by atoms with van der Waals surface area (Å²) in [5, 5.41) is 15.9. The molecule has 0 aliphatic heterocycles. The van der Waals surface area contributed by atoms with Crippen LogP contribution in [-0.4, -0.2) is 57.1 Å². The number of amides is 2. The van der Waals surface area contributed by atoms with Gasteiger partial charge in [0.25, 0.3) is 0 Å². The van der Waals surface area contributed by atoms with Crippen LogP contribution in [0.1, 0.15) is 95.0 Å². The summed E-state index contributed by atoms with van der Waals surface area (Å²) in [4.78, 5) is 36.7. The minimum Gasteiger partial charge on any atom is -0.495 e. The molecule has 2 saturated carbocycles. The Bertz CT molecular complexity index is 1440. The van der Waals surface area contributed by atoms with Gasteiger partial charge in [-0.3, -0.25) is 19.4 Å². The molecule has 10 nitrogen and oxygen atoms in total. The smallest absolute Gasteiger partial charge is 0.404 e. The monoisotopic (exact) mass is 616 g/mol. The maximum absolute atomic E-state index is 14.3. The normalized spacial score (nSPS) is 21.8. The summed E-state index contributed by atoms with van der Waals surface area (Å²) in [6, 6.07) is 8.40. The van der Waals surface area contributed by atoms with Gasteiger partial charge in [-0.15, -0.1) is 0 Å². The van der Waals surface area contributed by atoms with Crippen LogP contribution in [-0.2, 0) is 4.79 Å². The highest BCUT2D eigenvalue weighted by atomic mass is 16.5. The third-order valence-corrected chi connectivity index (χ3v) is 9.76. The quantitative estimate of drug-likeness (QED) is 0.238. The molecule has 3 heterocycles. The van der Waals surface area contributed by atoms with Crippen LogP contribution in [0.2, 0.25) is 0 Å². The van der Waals surface area contributed by atoms with Crippen molar-refractivity contribution in [1.82, 2.24) is 25.1 Å². The number of pyridine rings is 2. The van der Waals surface area contributed by atoms with E-state index in [1.165, 1.54) is 0 Å². The SMILES string of the molecule is COc1ccc(C2CCC(CN(C(=O)C3CCC(CCNC(=O)O)CC3)c3cc(-c4cnn(C(C)C)c4)ccn3)CC2)nc1C. The summed E-state index contributed by atoms with van der Waals surface area (Å²) in [5.74, 6) is 2.88. The van der Waals surface area contributed by atoms with Crippen molar-refractivity contribution in [2.75, 3.05) is 25.1 Å². The molecule has 5 rings (SSSR count). The fraction of sp³-hybridized carbons (Fsp3) is 0.571. The van der Waals surface area contributed by atoms with Gasteiger partial charge in [0.2, 0.25) is 5.91 Å². The average Bonchev–Trinajstić information content (AvgIpc) is 3.55. The van der Waals surface area contributed by atoms with Crippen LogP contribution in [0.15, 0.2) is 42.9 Å². The predicted octanol–water partition coefficient (Wildman–Crippen LogP) is 7.01. The van der Waals surface area contributed by atoms with E-state index in [1.54, 1.807) is 13.3 Å². The molecule has 0 bridgehead atoms. The van der Waals surface area contributed by atoms with Gasteiger partial charge in [0.15, 0.2) is 0 Å². The molecule has 10 heteroatoms.